The SMILES string of the molecule is Cc1cccc(OCC(=O)Nc2cc(CN(C)C)[nH]n2)c1. The molecule has 0 unspecified atom stereocenters. The highest BCUT2D eigenvalue weighted by Gasteiger charge is 2.07. The number of nitrogens with zero attached hydrogens (tertiary/aromatic N) is 2. The standard InChI is InChI=1S/C15H20N4O2/c1-11-5-4-6-13(7-11)21-10-15(20)16-14-8-12(17-18-14)9-19(2)3/h4-8H,9-10H2,1-3H3,(H2,16,17,18,20). The van der Waals surface area contributed by atoms with Gasteiger partial charge in [0, 0.05) is 12.6 Å². The van der Waals surface area contributed by atoms with Crippen molar-refractivity contribution in [1.29, 1.82) is 0 Å². The highest BCUT2D eigenvalue weighted by Crippen LogP contribution is 2.12. The van der Waals surface area contributed by atoms with Gasteiger partial charge in [-0.2, -0.15) is 5.10 Å². The molecule has 0 aliphatic heterocycles. The van der Waals surface area contributed by atoms with Gasteiger partial charge in [-0.25, -0.2) is 0 Å². The number of ether oxygens (including phenoxy) is 1. The molecule has 0 bridgehead atoms. The summed E-state index contributed by atoms with van der Waals surface area (Å²) in [5, 5.41) is 9.61. The first-order valence-corrected chi connectivity index (χ1v) is 6.71. The molecule has 0 atom stereocenters. The van der Waals surface area contributed by atoms with E-state index in [1.165, 1.54) is 0 Å². The Morgan fingerprint density at radius 1 is 1.38 bits per heavy atom. The molecule has 1 aromatic heterocycles. The summed E-state index contributed by atoms with van der Waals surface area (Å²) in [5.74, 6) is 0.949. The van der Waals surface area contributed by atoms with Crippen LogP contribution in [0, 0.1) is 6.92 Å². The third-order valence-corrected chi connectivity index (χ3v) is 2.74. The highest BCUT2D eigenvalue weighted by molar-refractivity contribution is 5.90. The van der Waals surface area contributed by atoms with E-state index in [4.69, 9.17) is 4.74 Å². The molecular formula is C15H20N4O2. The summed E-state index contributed by atoms with van der Waals surface area (Å²) in [6.45, 7) is 2.67. The van der Waals surface area contributed by atoms with Crippen LogP contribution in [0.1, 0.15) is 11.3 Å². The van der Waals surface area contributed by atoms with Gasteiger partial charge in [0.05, 0.1) is 5.69 Å². The quantitative estimate of drug-likeness (QED) is 0.850. The number of nitrogens with one attached hydrogen (secondary N) is 2. The largest absolute Gasteiger partial charge is 0.484 e. The number of anilines is 1. The van der Waals surface area contributed by atoms with E-state index in [1.54, 1.807) is 0 Å². The summed E-state index contributed by atoms with van der Waals surface area (Å²) >= 11 is 0. The van der Waals surface area contributed by atoms with Crippen molar-refractivity contribution >= 4 is 11.7 Å². The number of aromatic amines is 1. The molecule has 0 fully saturated rings. The predicted octanol–water partition coefficient (Wildman–Crippen LogP) is 1.80. The highest BCUT2D eigenvalue weighted by atomic mass is 16.5. The zero-order valence-corrected chi connectivity index (χ0v) is 12.5. The maximum Gasteiger partial charge on any atom is 0.263 e. The smallest absolute Gasteiger partial charge is 0.263 e. The molecule has 0 saturated heterocycles. The van der Waals surface area contributed by atoms with Gasteiger partial charge in [-0.1, -0.05) is 12.1 Å². The van der Waals surface area contributed by atoms with Gasteiger partial charge in [-0.15, -0.1) is 0 Å². The maximum absolute atomic E-state index is 11.8. The van der Waals surface area contributed by atoms with Crippen molar-refractivity contribution in [3.8, 4) is 5.75 Å². The molecule has 1 amide bonds. The van der Waals surface area contributed by atoms with Crippen molar-refractivity contribution in [2.45, 2.75) is 13.5 Å². The van der Waals surface area contributed by atoms with Crippen LogP contribution in [0.15, 0.2) is 30.3 Å². The summed E-state index contributed by atoms with van der Waals surface area (Å²) in [5.41, 5.74) is 2.03. The Morgan fingerprint density at radius 2 is 2.19 bits per heavy atom. The number of rotatable bonds is 6. The summed E-state index contributed by atoms with van der Waals surface area (Å²) in [6.07, 6.45) is 0. The number of aromatic nitrogens is 2. The molecule has 2 aromatic rings. The van der Waals surface area contributed by atoms with E-state index in [2.05, 4.69) is 15.5 Å². The Balaban J connectivity index is 1.83. The average Bonchev–Trinajstić information content (AvgIpc) is 2.83. The van der Waals surface area contributed by atoms with Crippen molar-refractivity contribution in [2.24, 2.45) is 0 Å². The monoisotopic (exact) mass is 288 g/mol. The van der Waals surface area contributed by atoms with E-state index in [0.717, 1.165) is 17.8 Å². The van der Waals surface area contributed by atoms with Crippen LogP contribution < -0.4 is 10.1 Å². The minimum Gasteiger partial charge on any atom is -0.484 e. The van der Waals surface area contributed by atoms with Crippen LogP contribution in [0.5, 0.6) is 5.75 Å². The Kier molecular flexibility index (Phi) is 4.94. The van der Waals surface area contributed by atoms with Gasteiger partial charge >= 0.3 is 0 Å². The van der Waals surface area contributed by atoms with Crippen LogP contribution in [0.25, 0.3) is 0 Å². The van der Waals surface area contributed by atoms with Gasteiger partial charge in [0.25, 0.3) is 5.91 Å². The molecule has 6 nitrogen and oxygen atoms in total. The summed E-state index contributed by atoms with van der Waals surface area (Å²) in [7, 11) is 3.93. The first-order valence-electron chi connectivity index (χ1n) is 6.71. The van der Waals surface area contributed by atoms with Crippen LogP contribution in [0.3, 0.4) is 0 Å². The third kappa shape index (κ3) is 4.92. The van der Waals surface area contributed by atoms with Gasteiger partial charge in [0.2, 0.25) is 0 Å². The van der Waals surface area contributed by atoms with Crippen LogP contribution >= 0.6 is 0 Å². The molecule has 0 spiro atoms. The molecule has 0 radical (unpaired) electrons. The molecule has 21 heavy (non-hydrogen) atoms. The van der Waals surface area contributed by atoms with E-state index in [1.807, 2.05) is 56.3 Å². The molecule has 112 valence electrons. The van der Waals surface area contributed by atoms with Crippen molar-refractivity contribution in [3.63, 3.8) is 0 Å². The zero-order valence-electron chi connectivity index (χ0n) is 12.5. The lowest BCUT2D eigenvalue weighted by Gasteiger charge is -2.06. The zero-order chi connectivity index (χ0) is 15.2. The van der Waals surface area contributed by atoms with Gasteiger partial charge < -0.3 is 15.0 Å². The Bertz CT molecular complexity index is 607. The van der Waals surface area contributed by atoms with Gasteiger partial charge in [-0.05, 0) is 38.7 Å². The van der Waals surface area contributed by atoms with Crippen LogP contribution in [0.2, 0.25) is 0 Å². The van der Waals surface area contributed by atoms with Crippen LogP contribution in [0.4, 0.5) is 5.82 Å². The number of amides is 1. The molecule has 2 N–H and O–H groups in total. The molecule has 1 heterocycles. The Labute approximate surface area is 124 Å². The first kappa shape index (κ1) is 15.1. The number of hydrogen-bond donors (Lipinski definition) is 2. The van der Waals surface area contributed by atoms with Crippen LogP contribution in [-0.4, -0.2) is 41.7 Å². The summed E-state index contributed by atoms with van der Waals surface area (Å²) < 4.78 is 5.43. The van der Waals surface area contributed by atoms with E-state index < -0.39 is 0 Å². The minimum atomic E-state index is -0.237. The van der Waals surface area contributed by atoms with Gasteiger partial charge in [-0.3, -0.25) is 9.89 Å². The fourth-order valence-corrected chi connectivity index (χ4v) is 1.88. The second-order valence-electron chi connectivity index (χ2n) is 5.17. The molecular weight excluding hydrogens is 268 g/mol. The van der Waals surface area contributed by atoms with Crippen molar-refractivity contribution < 1.29 is 9.53 Å². The number of benzene rings is 1. The minimum absolute atomic E-state index is 0.0423. The Morgan fingerprint density at radius 3 is 2.90 bits per heavy atom. The van der Waals surface area contributed by atoms with Crippen molar-refractivity contribution in [2.75, 3.05) is 26.0 Å². The van der Waals surface area contributed by atoms with E-state index in [9.17, 15) is 4.79 Å². The summed E-state index contributed by atoms with van der Waals surface area (Å²) in [4.78, 5) is 13.8. The normalized spacial score (nSPS) is 10.7. The lowest BCUT2D eigenvalue weighted by molar-refractivity contribution is -0.118. The predicted molar refractivity (Wildman–Crippen MR) is 81.3 cm³/mol. The Hall–Kier alpha value is -2.34. The first-order chi connectivity index (χ1) is 10.0. The number of aryl methyl sites for hydroxylation is 1. The second kappa shape index (κ2) is 6.90. The average molecular weight is 288 g/mol. The molecule has 0 aliphatic carbocycles. The second-order valence-corrected chi connectivity index (χ2v) is 5.17. The number of carbonyl (C=O) groups is 1. The fraction of sp³-hybridized carbons (Fsp3) is 0.333. The van der Waals surface area contributed by atoms with Gasteiger partial charge in [0.1, 0.15) is 5.75 Å². The number of carbonyl (C=O) groups excluding carboxylic acids is 1. The molecule has 0 aliphatic rings. The number of H-pyrrole nitrogens is 1. The molecule has 1 aromatic carbocycles. The van der Waals surface area contributed by atoms with Crippen molar-refractivity contribution in [3.05, 3.63) is 41.6 Å². The van der Waals surface area contributed by atoms with E-state index in [-0.39, 0.29) is 12.5 Å². The molecule has 6 heteroatoms. The lowest BCUT2D eigenvalue weighted by Crippen LogP contribution is -2.20. The molecule has 0 saturated carbocycles. The number of hydrogen-bond acceptors (Lipinski definition) is 4. The third-order valence-electron chi connectivity index (χ3n) is 2.74. The van der Waals surface area contributed by atoms with Gasteiger partial charge in [0.15, 0.2) is 12.4 Å². The topological polar surface area (TPSA) is 70.2 Å². The molecule has 2 rings (SSSR count). The van der Waals surface area contributed by atoms with E-state index in [0.29, 0.717) is 11.6 Å². The maximum atomic E-state index is 11.8. The summed E-state index contributed by atoms with van der Waals surface area (Å²) in [6, 6.07) is 9.39. The lowest BCUT2D eigenvalue weighted by atomic mass is 10.2. The van der Waals surface area contributed by atoms with Crippen LogP contribution in [-0.2, 0) is 11.3 Å². The van der Waals surface area contributed by atoms with E-state index >= 15 is 0 Å². The van der Waals surface area contributed by atoms with Crippen molar-refractivity contribution in [1.82, 2.24) is 15.1 Å². The fourth-order valence-electron chi connectivity index (χ4n) is 1.88.